The Morgan fingerprint density at radius 2 is 2.38 bits per heavy atom. The van der Waals surface area contributed by atoms with Crippen LogP contribution in [0, 0.1) is 0 Å². The Balaban J connectivity index is 2.25. The van der Waals surface area contributed by atoms with E-state index in [2.05, 4.69) is 15.9 Å². The molecule has 0 aromatic heterocycles. The molecule has 5 heteroatoms. The lowest BCUT2D eigenvalue weighted by molar-refractivity contribution is -0.158. The highest BCUT2D eigenvalue weighted by Crippen LogP contribution is 2.26. The third kappa shape index (κ3) is 3.60. The Kier molecular flexibility index (Phi) is 4.12. The molecule has 1 heterocycles. The van der Waals surface area contributed by atoms with E-state index in [1.165, 1.54) is 6.92 Å². The minimum absolute atomic E-state index is 0.148. The van der Waals surface area contributed by atoms with Gasteiger partial charge in [-0.2, -0.15) is 0 Å². The summed E-state index contributed by atoms with van der Waals surface area (Å²) in [5.74, 6) is -0.361. The molecule has 1 aliphatic rings. The summed E-state index contributed by atoms with van der Waals surface area (Å²) in [5, 5.41) is 0. The van der Waals surface area contributed by atoms with Gasteiger partial charge in [-0.05, 0) is 12.8 Å². The van der Waals surface area contributed by atoms with Crippen LogP contribution in [0.1, 0.15) is 19.8 Å². The fraction of sp³-hybridized carbons (Fsp3) is 0.875. The van der Waals surface area contributed by atoms with Crippen LogP contribution in [-0.2, 0) is 14.3 Å². The first-order valence-corrected chi connectivity index (χ1v) is 5.08. The number of rotatable bonds is 2. The fourth-order valence-corrected chi connectivity index (χ4v) is 1.54. The van der Waals surface area contributed by atoms with Crippen LogP contribution < -0.4 is 0 Å². The molecule has 0 bridgehead atoms. The molecule has 3 nitrogen and oxygen atoms in total. The van der Waals surface area contributed by atoms with E-state index in [0.29, 0.717) is 12.8 Å². The van der Waals surface area contributed by atoms with E-state index in [4.69, 9.17) is 9.47 Å². The predicted molar refractivity (Wildman–Crippen MR) is 48.4 cm³/mol. The Morgan fingerprint density at radius 1 is 1.69 bits per heavy atom. The average Bonchev–Trinajstić information content (AvgIpc) is 2.07. The van der Waals surface area contributed by atoms with Crippen LogP contribution in [0.15, 0.2) is 0 Å². The summed E-state index contributed by atoms with van der Waals surface area (Å²) in [6.45, 7) is 1.47. The fourth-order valence-electron chi connectivity index (χ4n) is 1.15. The second-order valence-corrected chi connectivity index (χ2v) is 4.18. The van der Waals surface area contributed by atoms with Crippen LogP contribution in [0.3, 0.4) is 0 Å². The van der Waals surface area contributed by atoms with E-state index in [-0.39, 0.29) is 23.5 Å². The summed E-state index contributed by atoms with van der Waals surface area (Å²) < 4.78 is 22.6. The van der Waals surface area contributed by atoms with Gasteiger partial charge in [0.2, 0.25) is 6.36 Å². The highest BCUT2D eigenvalue weighted by molar-refractivity contribution is 9.09. The third-order valence-corrected chi connectivity index (χ3v) is 2.72. The second kappa shape index (κ2) is 4.91. The Morgan fingerprint density at radius 3 is 2.92 bits per heavy atom. The Hall–Kier alpha value is -0.160. The third-order valence-electron chi connectivity index (χ3n) is 1.84. The SMILES string of the molecule is CC(=O)OC[C@@H]1CC[C@H](Br)[C@@H](F)O1. The number of halogens is 2. The average molecular weight is 255 g/mol. The van der Waals surface area contributed by atoms with Crippen LogP contribution in [0.25, 0.3) is 0 Å². The quantitative estimate of drug-likeness (QED) is 0.557. The number of carbonyl (C=O) groups is 1. The molecule has 13 heavy (non-hydrogen) atoms. The largest absolute Gasteiger partial charge is 0.463 e. The molecule has 0 saturated carbocycles. The Bertz CT molecular complexity index is 188. The smallest absolute Gasteiger partial charge is 0.302 e. The molecule has 1 aliphatic heterocycles. The molecule has 0 aromatic rings. The molecule has 3 atom stereocenters. The van der Waals surface area contributed by atoms with E-state index in [1.54, 1.807) is 0 Å². The summed E-state index contributed by atoms with van der Waals surface area (Å²) in [6, 6.07) is 0. The molecule has 1 saturated heterocycles. The molecule has 0 aliphatic carbocycles. The van der Waals surface area contributed by atoms with Gasteiger partial charge >= 0.3 is 5.97 Å². The topological polar surface area (TPSA) is 35.5 Å². The van der Waals surface area contributed by atoms with Gasteiger partial charge in [-0.1, -0.05) is 15.9 Å². The maximum Gasteiger partial charge on any atom is 0.302 e. The monoisotopic (exact) mass is 254 g/mol. The van der Waals surface area contributed by atoms with Crippen LogP contribution in [0.4, 0.5) is 4.39 Å². The zero-order valence-corrected chi connectivity index (χ0v) is 8.92. The number of hydrogen-bond donors (Lipinski definition) is 0. The Labute approximate surface area is 84.7 Å². The first-order chi connectivity index (χ1) is 6.09. The summed E-state index contributed by atoms with van der Waals surface area (Å²) >= 11 is 3.15. The van der Waals surface area contributed by atoms with Crippen LogP contribution in [0.5, 0.6) is 0 Å². The van der Waals surface area contributed by atoms with Gasteiger partial charge < -0.3 is 9.47 Å². The van der Waals surface area contributed by atoms with Crippen LogP contribution >= 0.6 is 15.9 Å². The lowest BCUT2D eigenvalue weighted by atomic mass is 10.1. The number of carbonyl (C=O) groups excluding carboxylic acids is 1. The molecule has 0 unspecified atom stereocenters. The molecular weight excluding hydrogens is 243 g/mol. The standard InChI is InChI=1S/C8H12BrFO3/c1-5(11)12-4-6-2-3-7(9)8(10)13-6/h6-8H,2-4H2,1H3/t6-,7-,8-/m0/s1. The highest BCUT2D eigenvalue weighted by Gasteiger charge is 2.29. The molecule has 76 valence electrons. The van der Waals surface area contributed by atoms with Gasteiger partial charge in [0.15, 0.2) is 0 Å². The van der Waals surface area contributed by atoms with E-state index >= 15 is 0 Å². The number of hydrogen-bond acceptors (Lipinski definition) is 3. The van der Waals surface area contributed by atoms with Crippen molar-refractivity contribution in [2.24, 2.45) is 0 Å². The van der Waals surface area contributed by atoms with Crippen molar-refractivity contribution in [3.8, 4) is 0 Å². The minimum atomic E-state index is -1.30. The van der Waals surface area contributed by atoms with Crippen molar-refractivity contribution in [1.29, 1.82) is 0 Å². The maximum atomic E-state index is 12.9. The van der Waals surface area contributed by atoms with E-state index in [0.717, 1.165) is 0 Å². The molecule has 0 radical (unpaired) electrons. The minimum Gasteiger partial charge on any atom is -0.463 e. The predicted octanol–water partition coefficient (Wildman–Crippen LogP) is 1.79. The molecule has 1 fully saturated rings. The first-order valence-electron chi connectivity index (χ1n) is 4.16. The maximum absolute atomic E-state index is 12.9. The van der Waals surface area contributed by atoms with E-state index in [9.17, 15) is 9.18 Å². The number of ether oxygens (including phenoxy) is 2. The van der Waals surface area contributed by atoms with Gasteiger partial charge in [0.25, 0.3) is 0 Å². The van der Waals surface area contributed by atoms with Gasteiger partial charge in [-0.15, -0.1) is 0 Å². The number of esters is 1. The zero-order chi connectivity index (χ0) is 9.84. The van der Waals surface area contributed by atoms with Crippen LogP contribution in [-0.4, -0.2) is 29.9 Å². The zero-order valence-electron chi connectivity index (χ0n) is 7.33. The summed E-state index contributed by atoms with van der Waals surface area (Å²) in [4.78, 5) is 10.2. The van der Waals surface area contributed by atoms with Crippen molar-refractivity contribution in [3.63, 3.8) is 0 Å². The van der Waals surface area contributed by atoms with Crippen LogP contribution in [0.2, 0.25) is 0 Å². The molecule has 0 N–H and O–H groups in total. The molecule has 0 aromatic carbocycles. The normalized spacial score (nSPS) is 34.2. The summed E-state index contributed by atoms with van der Waals surface area (Å²) in [7, 11) is 0. The summed E-state index contributed by atoms with van der Waals surface area (Å²) in [6.07, 6.45) is -0.182. The van der Waals surface area contributed by atoms with E-state index in [1.807, 2.05) is 0 Å². The molecule has 0 amide bonds. The van der Waals surface area contributed by atoms with Gasteiger partial charge in [0.1, 0.15) is 6.61 Å². The molecular formula is C8H12BrFO3. The van der Waals surface area contributed by atoms with Gasteiger partial charge in [0, 0.05) is 6.92 Å². The molecule has 1 rings (SSSR count). The van der Waals surface area contributed by atoms with Crippen molar-refractivity contribution in [1.82, 2.24) is 0 Å². The molecule has 0 spiro atoms. The lowest BCUT2D eigenvalue weighted by Crippen LogP contribution is -2.35. The van der Waals surface area contributed by atoms with Gasteiger partial charge in [-0.3, -0.25) is 4.79 Å². The van der Waals surface area contributed by atoms with Crippen molar-refractivity contribution in [3.05, 3.63) is 0 Å². The number of alkyl halides is 2. The van der Waals surface area contributed by atoms with Gasteiger partial charge in [0.05, 0.1) is 10.9 Å². The van der Waals surface area contributed by atoms with Crippen molar-refractivity contribution >= 4 is 21.9 Å². The highest BCUT2D eigenvalue weighted by atomic mass is 79.9. The van der Waals surface area contributed by atoms with Crippen molar-refractivity contribution < 1.29 is 18.7 Å². The van der Waals surface area contributed by atoms with E-state index < -0.39 is 6.36 Å². The van der Waals surface area contributed by atoms with Crippen molar-refractivity contribution in [2.75, 3.05) is 6.61 Å². The summed E-state index contributed by atoms with van der Waals surface area (Å²) in [5.41, 5.74) is 0. The lowest BCUT2D eigenvalue weighted by Gasteiger charge is -2.28. The first kappa shape index (κ1) is 10.9. The second-order valence-electron chi connectivity index (χ2n) is 3.01. The van der Waals surface area contributed by atoms with Gasteiger partial charge in [-0.25, -0.2) is 4.39 Å². The van der Waals surface area contributed by atoms with Crippen molar-refractivity contribution in [2.45, 2.75) is 37.1 Å².